The number of amides is 1. The second-order valence-corrected chi connectivity index (χ2v) is 3.73. The molecular formula is C11H22N2O2. The largest absolute Gasteiger partial charge is 0.386 e. The van der Waals surface area contributed by atoms with Crippen LogP contribution in [-0.4, -0.2) is 18.2 Å². The number of rotatable bonds is 9. The summed E-state index contributed by atoms with van der Waals surface area (Å²) in [5, 5.41) is 3.80. The maximum absolute atomic E-state index is 10.3. The fraction of sp³-hybridized carbons (Fsp3) is 0.818. The van der Waals surface area contributed by atoms with Gasteiger partial charge in [0.2, 0.25) is 0 Å². The summed E-state index contributed by atoms with van der Waals surface area (Å²) in [6, 6.07) is 0. The second-order valence-electron chi connectivity index (χ2n) is 3.73. The third-order valence-corrected chi connectivity index (χ3v) is 2.07. The van der Waals surface area contributed by atoms with E-state index in [1.54, 1.807) is 0 Å². The summed E-state index contributed by atoms with van der Waals surface area (Å²) >= 11 is 0. The molecule has 2 N–H and O–H groups in total. The highest BCUT2D eigenvalue weighted by Gasteiger charge is 1.95. The van der Waals surface area contributed by atoms with Gasteiger partial charge in [0.15, 0.2) is 6.61 Å². The standard InChI is InChI=1S/C11H22N2O2/c1-3-4-5-6-7-8-10(2)13-15-9-11(12)14/h3-9H2,1-2H3,(H2,12,14)/b13-10+. The van der Waals surface area contributed by atoms with Crippen LogP contribution in [0.3, 0.4) is 0 Å². The SMILES string of the molecule is CCCCCCC/C(C)=N/OCC(N)=O. The molecule has 0 aromatic heterocycles. The molecule has 88 valence electrons. The third-order valence-electron chi connectivity index (χ3n) is 2.07. The summed E-state index contributed by atoms with van der Waals surface area (Å²) in [6.45, 7) is 3.97. The van der Waals surface area contributed by atoms with Gasteiger partial charge in [0.25, 0.3) is 5.91 Å². The molecular weight excluding hydrogens is 192 g/mol. The van der Waals surface area contributed by atoms with Crippen LogP contribution in [0.5, 0.6) is 0 Å². The molecule has 0 radical (unpaired) electrons. The number of nitrogens with two attached hydrogens (primary N) is 1. The van der Waals surface area contributed by atoms with Crippen LogP contribution in [0.2, 0.25) is 0 Å². The van der Waals surface area contributed by atoms with E-state index >= 15 is 0 Å². The molecule has 0 atom stereocenters. The Labute approximate surface area is 91.9 Å². The molecule has 0 aliphatic heterocycles. The average molecular weight is 214 g/mol. The number of hydrogen-bond donors (Lipinski definition) is 1. The van der Waals surface area contributed by atoms with Crippen molar-refractivity contribution in [2.75, 3.05) is 6.61 Å². The summed E-state index contributed by atoms with van der Waals surface area (Å²) in [6.07, 6.45) is 7.14. The van der Waals surface area contributed by atoms with Gasteiger partial charge in [-0.1, -0.05) is 37.8 Å². The number of carbonyl (C=O) groups excluding carboxylic acids is 1. The fourth-order valence-corrected chi connectivity index (χ4v) is 1.24. The minimum absolute atomic E-state index is 0.132. The van der Waals surface area contributed by atoms with E-state index in [4.69, 9.17) is 10.6 Å². The van der Waals surface area contributed by atoms with Crippen molar-refractivity contribution >= 4 is 11.6 Å². The first-order valence-corrected chi connectivity index (χ1v) is 5.60. The van der Waals surface area contributed by atoms with E-state index < -0.39 is 5.91 Å². The lowest BCUT2D eigenvalue weighted by atomic mass is 10.1. The highest BCUT2D eigenvalue weighted by molar-refractivity contribution is 5.81. The maximum atomic E-state index is 10.3. The Morgan fingerprint density at radius 2 is 1.93 bits per heavy atom. The smallest absolute Gasteiger partial charge is 0.258 e. The third kappa shape index (κ3) is 10.9. The highest BCUT2D eigenvalue weighted by Crippen LogP contribution is 2.05. The predicted octanol–water partition coefficient (Wildman–Crippen LogP) is 2.22. The number of hydrogen-bond acceptors (Lipinski definition) is 3. The summed E-state index contributed by atoms with van der Waals surface area (Å²) in [5.41, 5.74) is 5.82. The fourth-order valence-electron chi connectivity index (χ4n) is 1.24. The van der Waals surface area contributed by atoms with E-state index in [9.17, 15) is 4.79 Å². The van der Waals surface area contributed by atoms with Gasteiger partial charge >= 0.3 is 0 Å². The molecule has 0 fully saturated rings. The van der Waals surface area contributed by atoms with Gasteiger partial charge in [-0.3, -0.25) is 4.79 Å². The van der Waals surface area contributed by atoms with Crippen LogP contribution in [0.25, 0.3) is 0 Å². The molecule has 0 aliphatic rings. The van der Waals surface area contributed by atoms with Crippen molar-refractivity contribution < 1.29 is 9.63 Å². The van der Waals surface area contributed by atoms with Crippen molar-refractivity contribution in [2.24, 2.45) is 10.9 Å². The van der Waals surface area contributed by atoms with Crippen molar-refractivity contribution in [2.45, 2.75) is 52.4 Å². The molecule has 0 spiro atoms. The van der Waals surface area contributed by atoms with Crippen molar-refractivity contribution in [3.8, 4) is 0 Å². The molecule has 4 nitrogen and oxygen atoms in total. The van der Waals surface area contributed by atoms with E-state index in [0.717, 1.165) is 18.6 Å². The molecule has 0 rings (SSSR count). The Morgan fingerprint density at radius 1 is 1.27 bits per heavy atom. The van der Waals surface area contributed by atoms with Gasteiger partial charge in [-0.2, -0.15) is 0 Å². The molecule has 15 heavy (non-hydrogen) atoms. The van der Waals surface area contributed by atoms with Crippen LogP contribution in [0, 0.1) is 0 Å². The summed E-state index contributed by atoms with van der Waals surface area (Å²) < 4.78 is 0. The Hall–Kier alpha value is -1.06. The van der Waals surface area contributed by atoms with E-state index in [1.807, 2.05) is 6.92 Å². The molecule has 0 saturated carbocycles. The second kappa shape index (κ2) is 9.49. The Kier molecular flexibility index (Phi) is 8.82. The molecule has 0 unspecified atom stereocenters. The molecule has 0 bridgehead atoms. The van der Waals surface area contributed by atoms with E-state index in [1.165, 1.54) is 25.7 Å². The molecule has 0 aromatic rings. The first kappa shape index (κ1) is 13.9. The normalized spacial score (nSPS) is 11.5. The van der Waals surface area contributed by atoms with Crippen LogP contribution in [0.15, 0.2) is 5.16 Å². The highest BCUT2D eigenvalue weighted by atomic mass is 16.6. The lowest BCUT2D eigenvalue weighted by molar-refractivity contribution is -0.122. The van der Waals surface area contributed by atoms with Gasteiger partial charge in [0.1, 0.15) is 0 Å². The summed E-state index contributed by atoms with van der Waals surface area (Å²) in [7, 11) is 0. The minimum Gasteiger partial charge on any atom is -0.386 e. The van der Waals surface area contributed by atoms with Gasteiger partial charge in [0.05, 0.1) is 5.71 Å². The Morgan fingerprint density at radius 3 is 2.53 bits per heavy atom. The lowest BCUT2D eigenvalue weighted by Gasteiger charge is -2.01. The van der Waals surface area contributed by atoms with Crippen LogP contribution in [-0.2, 0) is 9.63 Å². The maximum Gasteiger partial charge on any atom is 0.258 e. The number of primary amides is 1. The van der Waals surface area contributed by atoms with Crippen molar-refractivity contribution in [3.05, 3.63) is 0 Å². The summed E-state index contributed by atoms with van der Waals surface area (Å²) in [5.74, 6) is -0.491. The number of oxime groups is 1. The van der Waals surface area contributed by atoms with Gasteiger partial charge in [-0.05, 0) is 19.8 Å². The molecule has 0 aliphatic carbocycles. The zero-order chi connectivity index (χ0) is 11.5. The molecule has 0 heterocycles. The Balaban J connectivity index is 3.38. The predicted molar refractivity (Wildman–Crippen MR) is 61.6 cm³/mol. The van der Waals surface area contributed by atoms with Gasteiger partial charge in [0, 0.05) is 0 Å². The summed E-state index contributed by atoms with van der Waals surface area (Å²) in [4.78, 5) is 15.1. The van der Waals surface area contributed by atoms with Gasteiger partial charge in [-0.25, -0.2) is 0 Å². The minimum atomic E-state index is -0.491. The van der Waals surface area contributed by atoms with Crippen LogP contribution >= 0.6 is 0 Å². The average Bonchev–Trinajstić information content (AvgIpc) is 2.17. The van der Waals surface area contributed by atoms with Crippen molar-refractivity contribution in [3.63, 3.8) is 0 Å². The zero-order valence-electron chi connectivity index (χ0n) is 9.79. The van der Waals surface area contributed by atoms with Crippen LogP contribution < -0.4 is 5.73 Å². The number of unbranched alkanes of at least 4 members (excludes halogenated alkanes) is 4. The van der Waals surface area contributed by atoms with E-state index in [0.29, 0.717) is 0 Å². The van der Waals surface area contributed by atoms with Crippen molar-refractivity contribution in [1.29, 1.82) is 0 Å². The Bertz CT molecular complexity index is 203. The molecule has 4 heteroatoms. The quantitative estimate of drug-likeness (QED) is 0.363. The van der Waals surface area contributed by atoms with Gasteiger partial charge in [-0.15, -0.1) is 0 Å². The first-order valence-electron chi connectivity index (χ1n) is 5.60. The van der Waals surface area contributed by atoms with Crippen LogP contribution in [0.1, 0.15) is 52.4 Å². The van der Waals surface area contributed by atoms with Crippen LogP contribution in [0.4, 0.5) is 0 Å². The molecule has 0 saturated heterocycles. The monoisotopic (exact) mass is 214 g/mol. The van der Waals surface area contributed by atoms with Crippen molar-refractivity contribution in [1.82, 2.24) is 0 Å². The topological polar surface area (TPSA) is 64.7 Å². The number of carbonyl (C=O) groups is 1. The number of nitrogens with zero attached hydrogens (tertiary/aromatic N) is 1. The van der Waals surface area contributed by atoms with Gasteiger partial charge < -0.3 is 10.6 Å². The van der Waals surface area contributed by atoms with E-state index in [2.05, 4.69) is 12.1 Å². The van der Waals surface area contributed by atoms with E-state index in [-0.39, 0.29) is 6.61 Å². The molecule has 1 amide bonds. The first-order chi connectivity index (χ1) is 7.16. The zero-order valence-corrected chi connectivity index (χ0v) is 9.79. The molecule has 0 aromatic carbocycles. The lowest BCUT2D eigenvalue weighted by Crippen LogP contribution is -2.16.